The Morgan fingerprint density at radius 1 is 1.33 bits per heavy atom. The molecule has 2 atom stereocenters. The molecule has 1 aliphatic heterocycles. The highest BCUT2D eigenvalue weighted by molar-refractivity contribution is 8.00. The maximum Gasteiger partial charge on any atom is 0.0954 e. The van der Waals surface area contributed by atoms with E-state index in [1.807, 2.05) is 17.8 Å². The molecule has 2 nitrogen and oxygen atoms in total. The van der Waals surface area contributed by atoms with E-state index in [4.69, 9.17) is 5.73 Å². The molecule has 1 saturated heterocycles. The van der Waals surface area contributed by atoms with Crippen LogP contribution in [0.4, 0.5) is 0 Å². The van der Waals surface area contributed by atoms with E-state index in [1.54, 1.807) is 11.3 Å². The lowest BCUT2D eigenvalue weighted by molar-refractivity contribution is 0.559. The van der Waals surface area contributed by atoms with E-state index in [0.717, 1.165) is 11.9 Å². The summed E-state index contributed by atoms with van der Waals surface area (Å²) in [6.07, 6.45) is 4.90. The van der Waals surface area contributed by atoms with Crippen LogP contribution in [0.2, 0.25) is 0 Å². The van der Waals surface area contributed by atoms with Crippen molar-refractivity contribution in [3.05, 3.63) is 29.3 Å². The third-order valence-electron chi connectivity index (χ3n) is 3.44. The van der Waals surface area contributed by atoms with Crippen LogP contribution >= 0.6 is 23.1 Å². The zero-order valence-electron chi connectivity index (χ0n) is 10.3. The quantitative estimate of drug-likeness (QED) is 0.934. The van der Waals surface area contributed by atoms with Crippen molar-refractivity contribution in [2.24, 2.45) is 5.73 Å². The van der Waals surface area contributed by atoms with E-state index in [1.165, 1.54) is 34.7 Å². The van der Waals surface area contributed by atoms with Crippen molar-refractivity contribution in [3.8, 4) is 0 Å². The number of nitrogens with two attached hydrogens (primary N) is 1. The summed E-state index contributed by atoms with van der Waals surface area (Å²) in [5, 5.41) is 1.82. The molecule has 2 unspecified atom stereocenters. The Balaban J connectivity index is 1.71. The van der Waals surface area contributed by atoms with E-state index in [9.17, 15) is 0 Å². The molecule has 0 bridgehead atoms. The average molecular weight is 278 g/mol. The lowest BCUT2D eigenvalue weighted by Gasteiger charge is -2.26. The SMILES string of the molecule is NC(Cc1nc2ccccc2s1)C1CCCCS1. The highest BCUT2D eigenvalue weighted by Crippen LogP contribution is 2.29. The van der Waals surface area contributed by atoms with Gasteiger partial charge in [0.15, 0.2) is 0 Å². The fraction of sp³-hybridized carbons (Fsp3) is 0.500. The largest absolute Gasteiger partial charge is 0.326 e. The first-order valence-corrected chi connectivity index (χ1v) is 8.41. The summed E-state index contributed by atoms with van der Waals surface area (Å²) in [7, 11) is 0. The average Bonchev–Trinajstić information content (AvgIpc) is 2.82. The van der Waals surface area contributed by atoms with E-state index >= 15 is 0 Å². The molecule has 0 aliphatic carbocycles. The topological polar surface area (TPSA) is 38.9 Å². The smallest absolute Gasteiger partial charge is 0.0954 e. The minimum atomic E-state index is 0.260. The van der Waals surface area contributed by atoms with Gasteiger partial charge in [-0.1, -0.05) is 18.6 Å². The Kier molecular flexibility index (Phi) is 3.87. The van der Waals surface area contributed by atoms with Crippen molar-refractivity contribution in [1.82, 2.24) is 4.98 Å². The van der Waals surface area contributed by atoms with Gasteiger partial charge in [0.05, 0.1) is 15.2 Å². The van der Waals surface area contributed by atoms with E-state index in [-0.39, 0.29) is 6.04 Å². The van der Waals surface area contributed by atoms with Crippen LogP contribution in [-0.2, 0) is 6.42 Å². The van der Waals surface area contributed by atoms with Gasteiger partial charge in [-0.25, -0.2) is 4.98 Å². The Morgan fingerprint density at radius 2 is 2.22 bits per heavy atom. The normalized spacial score (nSPS) is 22.2. The molecule has 3 rings (SSSR count). The van der Waals surface area contributed by atoms with Gasteiger partial charge in [0.1, 0.15) is 0 Å². The molecule has 96 valence electrons. The number of hydrogen-bond acceptors (Lipinski definition) is 4. The van der Waals surface area contributed by atoms with Gasteiger partial charge >= 0.3 is 0 Å². The zero-order valence-corrected chi connectivity index (χ0v) is 12.0. The monoisotopic (exact) mass is 278 g/mol. The molecule has 0 saturated carbocycles. The Bertz CT molecular complexity index is 484. The van der Waals surface area contributed by atoms with Gasteiger partial charge in [-0.2, -0.15) is 11.8 Å². The fourth-order valence-corrected chi connectivity index (χ4v) is 4.83. The van der Waals surface area contributed by atoms with Crippen LogP contribution in [0.25, 0.3) is 10.2 Å². The van der Waals surface area contributed by atoms with Gasteiger partial charge in [0, 0.05) is 17.7 Å². The molecule has 1 aromatic heterocycles. The van der Waals surface area contributed by atoms with Gasteiger partial charge < -0.3 is 5.73 Å². The fourth-order valence-electron chi connectivity index (χ4n) is 2.44. The van der Waals surface area contributed by atoms with Crippen LogP contribution in [0.5, 0.6) is 0 Å². The number of rotatable bonds is 3. The van der Waals surface area contributed by atoms with Gasteiger partial charge in [-0.05, 0) is 30.7 Å². The second-order valence-electron chi connectivity index (χ2n) is 4.85. The van der Waals surface area contributed by atoms with E-state index in [0.29, 0.717) is 5.25 Å². The molecule has 2 N–H and O–H groups in total. The molecule has 2 heterocycles. The molecule has 1 aromatic carbocycles. The number of aromatic nitrogens is 1. The molecule has 0 radical (unpaired) electrons. The second-order valence-corrected chi connectivity index (χ2v) is 7.31. The van der Waals surface area contributed by atoms with Gasteiger partial charge in [0.25, 0.3) is 0 Å². The summed E-state index contributed by atoms with van der Waals surface area (Å²) < 4.78 is 1.27. The summed E-state index contributed by atoms with van der Waals surface area (Å²) in [5.74, 6) is 1.28. The third-order valence-corrected chi connectivity index (χ3v) is 6.04. The Morgan fingerprint density at radius 3 is 3.00 bits per heavy atom. The minimum Gasteiger partial charge on any atom is -0.326 e. The van der Waals surface area contributed by atoms with Gasteiger partial charge in [-0.15, -0.1) is 11.3 Å². The molecule has 1 fully saturated rings. The van der Waals surface area contributed by atoms with Crippen molar-refractivity contribution in [2.75, 3.05) is 5.75 Å². The van der Waals surface area contributed by atoms with Crippen LogP contribution in [0.15, 0.2) is 24.3 Å². The highest BCUT2D eigenvalue weighted by atomic mass is 32.2. The summed E-state index contributed by atoms with van der Waals surface area (Å²) in [6, 6.07) is 8.59. The number of para-hydroxylation sites is 1. The first-order chi connectivity index (χ1) is 8.83. The molecule has 0 spiro atoms. The van der Waals surface area contributed by atoms with Crippen LogP contribution in [-0.4, -0.2) is 22.0 Å². The van der Waals surface area contributed by atoms with Crippen LogP contribution < -0.4 is 5.73 Å². The van der Waals surface area contributed by atoms with Crippen molar-refractivity contribution in [2.45, 2.75) is 37.0 Å². The number of thioether (sulfide) groups is 1. The predicted molar refractivity (Wildman–Crippen MR) is 81.4 cm³/mol. The third kappa shape index (κ3) is 2.71. The van der Waals surface area contributed by atoms with Gasteiger partial charge in [-0.3, -0.25) is 0 Å². The standard InChI is InChI=1S/C14H18N2S2/c15-10(12-6-3-4-8-17-12)9-14-16-11-5-1-2-7-13(11)18-14/h1-2,5,7,10,12H,3-4,6,8-9,15H2. The molecule has 2 aromatic rings. The van der Waals surface area contributed by atoms with Crippen molar-refractivity contribution in [3.63, 3.8) is 0 Å². The first kappa shape index (κ1) is 12.5. The number of hydrogen-bond donors (Lipinski definition) is 1. The molecule has 18 heavy (non-hydrogen) atoms. The minimum absolute atomic E-state index is 0.260. The van der Waals surface area contributed by atoms with Crippen LogP contribution in [0.3, 0.4) is 0 Å². The molecule has 0 amide bonds. The number of nitrogens with zero attached hydrogens (tertiary/aromatic N) is 1. The summed E-state index contributed by atoms with van der Waals surface area (Å²) in [6.45, 7) is 0. The Labute approximate surface area is 116 Å². The van der Waals surface area contributed by atoms with Gasteiger partial charge in [0.2, 0.25) is 0 Å². The lowest BCUT2D eigenvalue weighted by Crippen LogP contribution is -2.36. The molecule has 1 aliphatic rings. The maximum atomic E-state index is 6.35. The maximum absolute atomic E-state index is 6.35. The highest BCUT2D eigenvalue weighted by Gasteiger charge is 2.22. The number of benzene rings is 1. The summed E-state index contributed by atoms with van der Waals surface area (Å²) in [5.41, 5.74) is 7.46. The van der Waals surface area contributed by atoms with Crippen molar-refractivity contribution < 1.29 is 0 Å². The summed E-state index contributed by atoms with van der Waals surface area (Å²) >= 11 is 3.84. The molecular weight excluding hydrogens is 260 g/mol. The molecular formula is C14H18N2S2. The van der Waals surface area contributed by atoms with Crippen molar-refractivity contribution >= 4 is 33.3 Å². The zero-order chi connectivity index (χ0) is 12.4. The summed E-state index contributed by atoms with van der Waals surface area (Å²) in [4.78, 5) is 4.68. The predicted octanol–water partition coefficient (Wildman–Crippen LogP) is 3.45. The number of fused-ring (bicyclic) bond motifs is 1. The lowest BCUT2D eigenvalue weighted by atomic mass is 10.1. The Hall–Kier alpha value is -0.580. The van der Waals surface area contributed by atoms with E-state index in [2.05, 4.69) is 23.2 Å². The number of thiazole rings is 1. The van der Waals surface area contributed by atoms with Crippen LogP contribution in [0.1, 0.15) is 24.3 Å². The first-order valence-electron chi connectivity index (χ1n) is 6.54. The van der Waals surface area contributed by atoms with E-state index < -0.39 is 0 Å². The molecule has 4 heteroatoms. The van der Waals surface area contributed by atoms with Crippen molar-refractivity contribution in [1.29, 1.82) is 0 Å². The van der Waals surface area contributed by atoms with Crippen LogP contribution in [0, 0.1) is 0 Å². The second kappa shape index (κ2) is 5.59.